The fraction of sp³-hybridized carbons (Fsp3) is 0.364. The van der Waals surface area contributed by atoms with Gasteiger partial charge < -0.3 is 10.6 Å². The lowest BCUT2D eigenvalue weighted by Crippen LogP contribution is -2.12. The molecule has 0 fully saturated rings. The van der Waals surface area contributed by atoms with Crippen molar-refractivity contribution in [3.05, 3.63) is 28.2 Å². The number of benzene rings is 1. The Balaban J connectivity index is 3.02. The number of halogens is 1. The number of nitrogens with two attached hydrogens (primary N) is 1. The van der Waals surface area contributed by atoms with E-state index >= 15 is 0 Å². The maximum absolute atomic E-state index is 11.6. The maximum Gasteiger partial charge on any atom is 0.164 e. The molecule has 1 aromatic rings. The average Bonchev–Trinajstić information content (AvgIpc) is 2.18. The third-order valence-corrected chi connectivity index (χ3v) is 2.79. The van der Waals surface area contributed by atoms with Gasteiger partial charge in [-0.3, -0.25) is 4.79 Å². The van der Waals surface area contributed by atoms with Gasteiger partial charge in [0.1, 0.15) is 0 Å². The molecular formula is C11H15BrN2O. The van der Waals surface area contributed by atoms with Gasteiger partial charge in [0, 0.05) is 30.6 Å². The summed E-state index contributed by atoms with van der Waals surface area (Å²) < 4.78 is 0.983. The highest BCUT2D eigenvalue weighted by atomic mass is 79.9. The minimum atomic E-state index is 0.0908. The molecule has 0 amide bonds. The molecule has 82 valence electrons. The van der Waals surface area contributed by atoms with E-state index in [2.05, 4.69) is 15.9 Å². The first-order valence-electron chi connectivity index (χ1n) is 4.76. The zero-order valence-corrected chi connectivity index (χ0v) is 10.5. The Morgan fingerprint density at radius 2 is 2.13 bits per heavy atom. The summed E-state index contributed by atoms with van der Waals surface area (Å²) in [7, 11) is 3.88. The van der Waals surface area contributed by atoms with Gasteiger partial charge in [-0.2, -0.15) is 0 Å². The predicted octanol–water partition coefficient (Wildman–Crippen LogP) is 2.05. The van der Waals surface area contributed by atoms with Crippen LogP contribution in [0.4, 0.5) is 5.69 Å². The first kappa shape index (κ1) is 12.2. The number of hydrogen-bond acceptors (Lipinski definition) is 3. The fourth-order valence-corrected chi connectivity index (χ4v) is 1.91. The Morgan fingerprint density at radius 3 is 2.67 bits per heavy atom. The molecule has 0 saturated heterocycles. The summed E-state index contributed by atoms with van der Waals surface area (Å²) in [5, 5.41) is 0. The molecule has 0 aliphatic carbocycles. The van der Waals surface area contributed by atoms with E-state index in [-0.39, 0.29) is 5.78 Å². The van der Waals surface area contributed by atoms with Gasteiger partial charge in [0.2, 0.25) is 0 Å². The normalized spacial score (nSPS) is 10.1. The number of nitrogens with zero attached hydrogens (tertiary/aromatic N) is 1. The second-order valence-corrected chi connectivity index (χ2v) is 4.38. The van der Waals surface area contributed by atoms with Crippen molar-refractivity contribution in [3.63, 3.8) is 0 Å². The zero-order chi connectivity index (χ0) is 11.4. The number of hydrogen-bond donors (Lipinski definition) is 1. The monoisotopic (exact) mass is 270 g/mol. The molecule has 4 heteroatoms. The summed E-state index contributed by atoms with van der Waals surface area (Å²) in [5.41, 5.74) is 7.07. The lowest BCUT2D eigenvalue weighted by Gasteiger charge is -2.15. The summed E-state index contributed by atoms with van der Waals surface area (Å²) in [5.74, 6) is 0.0908. The van der Waals surface area contributed by atoms with Crippen LogP contribution in [-0.2, 0) is 0 Å². The van der Waals surface area contributed by atoms with Crippen LogP contribution in [0.1, 0.15) is 16.8 Å². The highest BCUT2D eigenvalue weighted by Gasteiger charge is 2.08. The van der Waals surface area contributed by atoms with E-state index in [0.29, 0.717) is 18.5 Å². The van der Waals surface area contributed by atoms with Gasteiger partial charge in [-0.15, -0.1) is 0 Å². The van der Waals surface area contributed by atoms with Crippen LogP contribution in [0.15, 0.2) is 22.7 Å². The molecule has 15 heavy (non-hydrogen) atoms. The van der Waals surface area contributed by atoms with Gasteiger partial charge in [-0.05, 0) is 34.6 Å². The van der Waals surface area contributed by atoms with E-state index in [1.165, 1.54) is 0 Å². The van der Waals surface area contributed by atoms with Crippen molar-refractivity contribution in [3.8, 4) is 0 Å². The molecule has 0 atom stereocenters. The first-order valence-corrected chi connectivity index (χ1v) is 5.55. The van der Waals surface area contributed by atoms with Crippen molar-refractivity contribution in [1.82, 2.24) is 0 Å². The Bertz CT molecular complexity index is 364. The van der Waals surface area contributed by atoms with E-state index < -0.39 is 0 Å². The molecule has 0 bridgehead atoms. The summed E-state index contributed by atoms with van der Waals surface area (Å²) in [6.45, 7) is 0.395. The van der Waals surface area contributed by atoms with Gasteiger partial charge in [0.15, 0.2) is 5.78 Å². The van der Waals surface area contributed by atoms with E-state index in [9.17, 15) is 4.79 Å². The smallest absolute Gasteiger partial charge is 0.164 e. The third kappa shape index (κ3) is 3.04. The van der Waals surface area contributed by atoms with Crippen LogP contribution in [-0.4, -0.2) is 26.4 Å². The lowest BCUT2D eigenvalue weighted by atomic mass is 10.1. The summed E-state index contributed by atoms with van der Waals surface area (Å²) in [6.07, 6.45) is 0.397. The number of anilines is 1. The SMILES string of the molecule is CN(C)c1cc(C(=O)CCN)ccc1Br. The topological polar surface area (TPSA) is 46.3 Å². The molecule has 0 spiro atoms. The van der Waals surface area contributed by atoms with E-state index in [1.807, 2.05) is 37.2 Å². The average molecular weight is 271 g/mol. The zero-order valence-electron chi connectivity index (χ0n) is 8.96. The molecular weight excluding hydrogens is 256 g/mol. The number of Topliss-reactive ketones (excluding diaryl/α,β-unsaturated/α-hetero) is 1. The largest absolute Gasteiger partial charge is 0.377 e. The third-order valence-electron chi connectivity index (χ3n) is 2.12. The van der Waals surface area contributed by atoms with Crippen LogP contribution in [0.3, 0.4) is 0 Å². The number of rotatable bonds is 4. The number of ketones is 1. The Kier molecular flexibility index (Phi) is 4.29. The van der Waals surface area contributed by atoms with Crippen LogP contribution in [0.2, 0.25) is 0 Å². The predicted molar refractivity (Wildman–Crippen MR) is 66.5 cm³/mol. The van der Waals surface area contributed by atoms with Gasteiger partial charge >= 0.3 is 0 Å². The van der Waals surface area contributed by atoms with Crippen molar-refractivity contribution in [1.29, 1.82) is 0 Å². The molecule has 0 radical (unpaired) electrons. The van der Waals surface area contributed by atoms with Crippen LogP contribution in [0.5, 0.6) is 0 Å². The van der Waals surface area contributed by atoms with Crippen LogP contribution < -0.4 is 10.6 Å². The maximum atomic E-state index is 11.6. The molecule has 0 aliphatic heterocycles. The highest BCUT2D eigenvalue weighted by Crippen LogP contribution is 2.26. The van der Waals surface area contributed by atoms with E-state index in [0.717, 1.165) is 10.2 Å². The van der Waals surface area contributed by atoms with E-state index in [1.54, 1.807) is 0 Å². The minimum absolute atomic E-state index is 0.0908. The van der Waals surface area contributed by atoms with Gasteiger partial charge in [-0.25, -0.2) is 0 Å². The number of carbonyl (C=O) groups is 1. The molecule has 0 aromatic heterocycles. The van der Waals surface area contributed by atoms with Crippen molar-refractivity contribution in [2.75, 3.05) is 25.5 Å². The van der Waals surface area contributed by atoms with Crippen molar-refractivity contribution in [2.45, 2.75) is 6.42 Å². The van der Waals surface area contributed by atoms with Crippen molar-refractivity contribution >= 4 is 27.4 Å². The van der Waals surface area contributed by atoms with E-state index in [4.69, 9.17) is 5.73 Å². The Labute approximate surface area is 98.4 Å². The Morgan fingerprint density at radius 1 is 1.47 bits per heavy atom. The summed E-state index contributed by atoms with van der Waals surface area (Å²) in [4.78, 5) is 13.6. The van der Waals surface area contributed by atoms with Crippen molar-refractivity contribution in [2.24, 2.45) is 5.73 Å². The molecule has 0 heterocycles. The number of carbonyl (C=O) groups excluding carboxylic acids is 1. The van der Waals surface area contributed by atoms with Crippen LogP contribution in [0, 0.1) is 0 Å². The Hall–Kier alpha value is -0.870. The second-order valence-electron chi connectivity index (χ2n) is 3.52. The van der Waals surface area contributed by atoms with Gasteiger partial charge in [0.05, 0.1) is 5.69 Å². The molecule has 0 unspecified atom stereocenters. The fourth-order valence-electron chi connectivity index (χ4n) is 1.30. The standard InChI is InChI=1S/C11H15BrN2O/c1-14(2)10-7-8(3-4-9(10)12)11(15)5-6-13/h3-4,7H,5-6,13H2,1-2H3. The second kappa shape index (κ2) is 5.28. The summed E-state index contributed by atoms with van der Waals surface area (Å²) >= 11 is 3.44. The lowest BCUT2D eigenvalue weighted by molar-refractivity contribution is 0.0985. The molecule has 1 rings (SSSR count). The van der Waals surface area contributed by atoms with Crippen LogP contribution >= 0.6 is 15.9 Å². The van der Waals surface area contributed by atoms with Crippen molar-refractivity contribution < 1.29 is 4.79 Å². The highest BCUT2D eigenvalue weighted by molar-refractivity contribution is 9.10. The molecule has 2 N–H and O–H groups in total. The van der Waals surface area contributed by atoms with Crippen LogP contribution in [0.25, 0.3) is 0 Å². The quantitative estimate of drug-likeness (QED) is 0.852. The first-order chi connectivity index (χ1) is 7.06. The molecule has 1 aromatic carbocycles. The van der Waals surface area contributed by atoms with Gasteiger partial charge in [0.25, 0.3) is 0 Å². The van der Waals surface area contributed by atoms with Gasteiger partial charge in [-0.1, -0.05) is 6.07 Å². The molecule has 3 nitrogen and oxygen atoms in total. The minimum Gasteiger partial charge on any atom is -0.377 e. The summed E-state index contributed by atoms with van der Waals surface area (Å²) in [6, 6.07) is 5.58. The molecule has 0 aliphatic rings. The molecule has 0 saturated carbocycles.